The summed E-state index contributed by atoms with van der Waals surface area (Å²) in [7, 11) is 0. The van der Waals surface area contributed by atoms with E-state index in [4.69, 9.17) is 0 Å². The van der Waals surface area contributed by atoms with Crippen LogP contribution in [0.3, 0.4) is 0 Å². The van der Waals surface area contributed by atoms with Crippen molar-refractivity contribution in [3.05, 3.63) is 28.3 Å². The summed E-state index contributed by atoms with van der Waals surface area (Å²) in [6.07, 6.45) is 5.92. The van der Waals surface area contributed by atoms with E-state index in [-0.39, 0.29) is 5.69 Å². The summed E-state index contributed by atoms with van der Waals surface area (Å²) < 4.78 is 0. The van der Waals surface area contributed by atoms with E-state index in [1.54, 1.807) is 6.07 Å². The number of hydrogen-bond donors (Lipinski definition) is 2. The first-order valence-electron chi connectivity index (χ1n) is 7.03. The van der Waals surface area contributed by atoms with Gasteiger partial charge in [0.25, 0.3) is 5.69 Å². The van der Waals surface area contributed by atoms with Crippen LogP contribution in [0, 0.1) is 10.1 Å². The fraction of sp³-hybridized carbons (Fsp3) is 0.462. The molecule has 1 fully saturated rings. The number of H-pyrrole nitrogens is 1. The van der Waals surface area contributed by atoms with E-state index in [0.717, 1.165) is 18.5 Å². The lowest BCUT2D eigenvalue weighted by Crippen LogP contribution is -2.22. The summed E-state index contributed by atoms with van der Waals surface area (Å²) in [4.78, 5) is 10.5. The highest BCUT2D eigenvalue weighted by atomic mass is 16.6. The van der Waals surface area contributed by atoms with Crippen molar-refractivity contribution < 1.29 is 4.92 Å². The van der Waals surface area contributed by atoms with Gasteiger partial charge in [-0.15, -0.1) is 10.2 Å². The minimum absolute atomic E-state index is 0.0176. The molecule has 0 aliphatic heterocycles. The van der Waals surface area contributed by atoms with Crippen LogP contribution in [0.5, 0.6) is 0 Å². The van der Waals surface area contributed by atoms with Crippen molar-refractivity contribution in [1.82, 2.24) is 20.6 Å². The lowest BCUT2D eigenvalue weighted by Gasteiger charge is -2.24. The Kier molecular flexibility index (Phi) is 3.76. The highest BCUT2D eigenvalue weighted by Gasteiger charge is 2.19. The number of aromatic nitrogens is 4. The number of non-ortho nitro benzene ring substituents is 1. The lowest BCUT2D eigenvalue weighted by atomic mass is 9.95. The van der Waals surface area contributed by atoms with Crippen molar-refractivity contribution in [3.8, 4) is 11.4 Å². The monoisotopic (exact) mass is 288 g/mol. The number of hydrogen-bond acceptors (Lipinski definition) is 6. The average Bonchev–Trinajstić information content (AvgIpc) is 3.02. The predicted octanol–water partition coefficient (Wildman–Crippen LogP) is 2.52. The van der Waals surface area contributed by atoms with Gasteiger partial charge < -0.3 is 5.32 Å². The van der Waals surface area contributed by atoms with Gasteiger partial charge in [-0.25, -0.2) is 0 Å². The summed E-state index contributed by atoms with van der Waals surface area (Å²) in [5, 5.41) is 28.2. The second-order valence-electron chi connectivity index (χ2n) is 5.20. The first kappa shape index (κ1) is 13.5. The van der Waals surface area contributed by atoms with Crippen molar-refractivity contribution in [3.63, 3.8) is 0 Å². The van der Waals surface area contributed by atoms with E-state index >= 15 is 0 Å². The molecule has 0 unspecified atom stereocenters. The Balaban J connectivity index is 1.92. The molecule has 2 N–H and O–H groups in total. The Labute approximate surface area is 121 Å². The molecule has 0 atom stereocenters. The van der Waals surface area contributed by atoms with Crippen molar-refractivity contribution in [2.24, 2.45) is 0 Å². The molecule has 2 aromatic rings. The van der Waals surface area contributed by atoms with Crippen LogP contribution in [0.2, 0.25) is 0 Å². The molecule has 21 heavy (non-hydrogen) atoms. The van der Waals surface area contributed by atoms with E-state index in [0.29, 0.717) is 17.4 Å². The van der Waals surface area contributed by atoms with Gasteiger partial charge in [-0.2, -0.15) is 5.21 Å². The smallest absolute Gasteiger partial charge is 0.270 e. The van der Waals surface area contributed by atoms with Gasteiger partial charge in [-0.05, 0) is 24.1 Å². The molecule has 3 rings (SSSR count). The maximum absolute atomic E-state index is 10.9. The van der Waals surface area contributed by atoms with Gasteiger partial charge in [0.15, 0.2) is 0 Å². The van der Waals surface area contributed by atoms with Crippen LogP contribution in [0.1, 0.15) is 32.1 Å². The van der Waals surface area contributed by atoms with Gasteiger partial charge in [0, 0.05) is 23.9 Å². The van der Waals surface area contributed by atoms with E-state index in [1.165, 1.54) is 31.4 Å². The van der Waals surface area contributed by atoms with Crippen LogP contribution in [-0.2, 0) is 0 Å². The Morgan fingerprint density at radius 3 is 2.76 bits per heavy atom. The fourth-order valence-electron chi connectivity index (χ4n) is 2.70. The molecular weight excluding hydrogens is 272 g/mol. The Morgan fingerprint density at radius 1 is 1.29 bits per heavy atom. The minimum atomic E-state index is -0.423. The van der Waals surface area contributed by atoms with Crippen molar-refractivity contribution in [2.45, 2.75) is 38.1 Å². The molecule has 0 bridgehead atoms. The maximum atomic E-state index is 10.9. The van der Waals surface area contributed by atoms with Gasteiger partial charge in [-0.3, -0.25) is 10.1 Å². The van der Waals surface area contributed by atoms with Crippen LogP contribution >= 0.6 is 0 Å². The number of nitrogens with zero attached hydrogens (tertiary/aromatic N) is 4. The zero-order chi connectivity index (χ0) is 14.7. The fourth-order valence-corrected chi connectivity index (χ4v) is 2.70. The molecule has 1 aromatic carbocycles. The molecule has 1 heterocycles. The number of aromatic amines is 1. The molecule has 1 aliphatic rings. The quantitative estimate of drug-likeness (QED) is 0.660. The van der Waals surface area contributed by atoms with Crippen LogP contribution in [-0.4, -0.2) is 31.6 Å². The number of nitro benzene ring substituents is 1. The summed E-state index contributed by atoms with van der Waals surface area (Å²) in [5.74, 6) is 0.358. The lowest BCUT2D eigenvalue weighted by molar-refractivity contribution is -0.384. The molecule has 1 saturated carbocycles. The SMILES string of the molecule is O=[N+]([O-])c1ccc(NC2CCCCC2)c(-c2nn[nH]n2)c1. The van der Waals surface area contributed by atoms with Gasteiger partial charge in [0.05, 0.1) is 10.5 Å². The van der Waals surface area contributed by atoms with Crippen molar-refractivity contribution in [2.75, 3.05) is 5.32 Å². The third-order valence-corrected chi connectivity index (χ3v) is 3.77. The average molecular weight is 288 g/mol. The summed E-state index contributed by atoms with van der Waals surface area (Å²) >= 11 is 0. The molecule has 8 heteroatoms. The van der Waals surface area contributed by atoms with E-state index < -0.39 is 4.92 Å². The second-order valence-corrected chi connectivity index (χ2v) is 5.20. The van der Waals surface area contributed by atoms with Gasteiger partial charge in [0.1, 0.15) is 0 Å². The minimum Gasteiger partial charge on any atom is -0.382 e. The first-order valence-corrected chi connectivity index (χ1v) is 7.03. The zero-order valence-corrected chi connectivity index (χ0v) is 11.5. The molecule has 0 radical (unpaired) electrons. The number of nitro groups is 1. The first-order chi connectivity index (χ1) is 10.2. The summed E-state index contributed by atoms with van der Waals surface area (Å²) in [6.45, 7) is 0. The Morgan fingerprint density at radius 2 is 2.10 bits per heavy atom. The van der Waals surface area contributed by atoms with E-state index in [1.807, 2.05) is 0 Å². The van der Waals surface area contributed by atoms with Crippen LogP contribution < -0.4 is 5.32 Å². The molecule has 0 spiro atoms. The highest BCUT2D eigenvalue weighted by Crippen LogP contribution is 2.31. The van der Waals surface area contributed by atoms with Gasteiger partial charge >= 0.3 is 0 Å². The van der Waals surface area contributed by atoms with Gasteiger partial charge in [0.2, 0.25) is 5.82 Å². The molecule has 0 saturated heterocycles. The topological polar surface area (TPSA) is 110 Å². The summed E-state index contributed by atoms with van der Waals surface area (Å²) in [5.41, 5.74) is 1.43. The maximum Gasteiger partial charge on any atom is 0.270 e. The van der Waals surface area contributed by atoms with Crippen molar-refractivity contribution >= 4 is 11.4 Å². The molecule has 8 nitrogen and oxygen atoms in total. The number of rotatable bonds is 4. The number of benzene rings is 1. The summed E-state index contributed by atoms with van der Waals surface area (Å²) in [6, 6.07) is 5.09. The predicted molar refractivity (Wildman–Crippen MR) is 76.8 cm³/mol. The van der Waals surface area contributed by atoms with Crippen LogP contribution in [0.25, 0.3) is 11.4 Å². The van der Waals surface area contributed by atoms with Crippen LogP contribution in [0.15, 0.2) is 18.2 Å². The Bertz CT molecular complexity index is 622. The molecule has 0 amide bonds. The van der Waals surface area contributed by atoms with E-state index in [2.05, 4.69) is 25.9 Å². The molecule has 1 aliphatic carbocycles. The van der Waals surface area contributed by atoms with Crippen molar-refractivity contribution in [1.29, 1.82) is 0 Å². The number of anilines is 1. The Hall–Kier alpha value is -2.51. The van der Waals surface area contributed by atoms with Gasteiger partial charge in [-0.1, -0.05) is 19.3 Å². The molecular formula is C13H16N6O2. The second kappa shape index (κ2) is 5.86. The standard InChI is InChI=1S/C13H16N6O2/c20-19(21)10-6-7-12(14-9-4-2-1-3-5-9)11(8-10)13-15-17-18-16-13/h6-9,14H,1-5H2,(H,15,16,17,18). The molecule has 110 valence electrons. The highest BCUT2D eigenvalue weighted by molar-refractivity contribution is 5.75. The third kappa shape index (κ3) is 2.99. The number of nitrogens with one attached hydrogen (secondary N) is 2. The third-order valence-electron chi connectivity index (χ3n) is 3.77. The largest absolute Gasteiger partial charge is 0.382 e. The molecule has 1 aromatic heterocycles. The zero-order valence-electron chi connectivity index (χ0n) is 11.5. The number of tetrazole rings is 1. The van der Waals surface area contributed by atoms with Crippen LogP contribution in [0.4, 0.5) is 11.4 Å². The normalized spacial score (nSPS) is 15.8. The van der Waals surface area contributed by atoms with E-state index in [9.17, 15) is 10.1 Å².